The van der Waals surface area contributed by atoms with Crippen molar-refractivity contribution in [2.24, 2.45) is 11.5 Å². The molecule has 7 heteroatoms. The summed E-state index contributed by atoms with van der Waals surface area (Å²) in [5.41, 5.74) is 11.4. The molecule has 0 bridgehead atoms. The second-order valence-corrected chi connectivity index (χ2v) is 4.50. The number of hydrogen-bond donors (Lipinski definition) is 3. The van der Waals surface area contributed by atoms with Crippen LogP contribution in [0, 0.1) is 0 Å². The quantitative estimate of drug-likeness (QED) is 0.775. The van der Waals surface area contributed by atoms with Gasteiger partial charge in [-0.3, -0.25) is 10.1 Å². The molecule has 0 saturated heterocycles. The Labute approximate surface area is 116 Å². The van der Waals surface area contributed by atoms with Crippen molar-refractivity contribution in [3.05, 3.63) is 28.8 Å². The number of ether oxygens (including phenoxy) is 1. The lowest BCUT2D eigenvalue weighted by molar-refractivity contribution is -0.126. The predicted molar refractivity (Wildman–Crippen MR) is 71.9 cm³/mol. The molecule has 0 fully saturated rings. The molecule has 104 valence electrons. The topological polar surface area (TPSA) is 107 Å². The molecule has 1 rings (SSSR count). The first kappa shape index (κ1) is 15.3. The molecule has 0 aliphatic heterocycles. The molecular weight excluding hydrogens is 270 g/mol. The van der Waals surface area contributed by atoms with Crippen molar-refractivity contribution in [2.75, 3.05) is 0 Å². The van der Waals surface area contributed by atoms with E-state index in [-0.39, 0.29) is 6.04 Å². The van der Waals surface area contributed by atoms with Crippen molar-refractivity contribution in [3.63, 3.8) is 0 Å². The average Bonchev–Trinajstić information content (AvgIpc) is 2.30. The first-order valence-corrected chi connectivity index (χ1v) is 6.01. The van der Waals surface area contributed by atoms with Crippen LogP contribution in [-0.4, -0.2) is 18.0 Å². The van der Waals surface area contributed by atoms with Gasteiger partial charge in [0.1, 0.15) is 5.75 Å². The lowest BCUT2D eigenvalue weighted by Crippen LogP contribution is -2.42. The Morgan fingerprint density at radius 1 is 1.37 bits per heavy atom. The number of primary amides is 1. The minimum atomic E-state index is -0.932. The molecule has 6 nitrogen and oxygen atoms in total. The third-order valence-corrected chi connectivity index (χ3v) is 2.70. The largest absolute Gasteiger partial charge is 0.479 e. The fourth-order valence-corrected chi connectivity index (χ4v) is 1.60. The maximum absolute atomic E-state index is 11.4. The van der Waals surface area contributed by atoms with Gasteiger partial charge in [-0.15, -0.1) is 0 Å². The SMILES string of the molecule is CC(Oc1ccc(C(C)N)cc1Cl)C(=O)NC(N)=O. The number of nitrogens with two attached hydrogens (primary N) is 2. The standard InChI is InChI=1S/C12H16ClN3O3/c1-6(14)8-3-4-10(9(13)5-8)19-7(2)11(17)16-12(15)18/h3-7H,14H2,1-2H3,(H3,15,16,17,18). The lowest BCUT2D eigenvalue weighted by atomic mass is 10.1. The van der Waals surface area contributed by atoms with E-state index in [2.05, 4.69) is 0 Å². The highest BCUT2D eigenvalue weighted by Crippen LogP contribution is 2.28. The molecule has 0 aliphatic rings. The van der Waals surface area contributed by atoms with E-state index < -0.39 is 18.0 Å². The number of benzene rings is 1. The zero-order chi connectivity index (χ0) is 14.6. The van der Waals surface area contributed by atoms with Crippen LogP contribution in [0.5, 0.6) is 5.75 Å². The number of halogens is 1. The summed E-state index contributed by atoms with van der Waals surface area (Å²) < 4.78 is 5.35. The van der Waals surface area contributed by atoms with Crippen molar-refractivity contribution in [3.8, 4) is 5.75 Å². The van der Waals surface area contributed by atoms with Crippen LogP contribution >= 0.6 is 11.6 Å². The summed E-state index contributed by atoms with van der Waals surface area (Å²) in [5, 5.41) is 2.26. The van der Waals surface area contributed by atoms with Crippen LogP contribution < -0.4 is 21.5 Å². The Morgan fingerprint density at radius 2 is 2.00 bits per heavy atom. The summed E-state index contributed by atoms with van der Waals surface area (Å²) in [6, 6.07) is 3.96. The lowest BCUT2D eigenvalue weighted by Gasteiger charge is -2.15. The molecule has 2 unspecified atom stereocenters. The predicted octanol–water partition coefficient (Wildman–Crippen LogP) is 1.32. The van der Waals surface area contributed by atoms with E-state index in [1.807, 2.05) is 12.2 Å². The molecule has 0 radical (unpaired) electrons. The van der Waals surface area contributed by atoms with Crippen LogP contribution in [0.4, 0.5) is 4.79 Å². The first-order chi connectivity index (χ1) is 8.81. The molecule has 0 aliphatic carbocycles. The molecule has 0 aromatic heterocycles. The Morgan fingerprint density at radius 3 is 2.47 bits per heavy atom. The summed E-state index contributed by atoms with van der Waals surface area (Å²) in [4.78, 5) is 22.0. The minimum Gasteiger partial charge on any atom is -0.479 e. The number of hydrogen-bond acceptors (Lipinski definition) is 4. The highest BCUT2D eigenvalue weighted by atomic mass is 35.5. The zero-order valence-corrected chi connectivity index (χ0v) is 11.4. The van der Waals surface area contributed by atoms with Gasteiger partial charge in [-0.05, 0) is 31.5 Å². The first-order valence-electron chi connectivity index (χ1n) is 5.63. The normalized spacial score (nSPS) is 13.5. The number of imide groups is 1. The fraction of sp³-hybridized carbons (Fsp3) is 0.333. The van der Waals surface area contributed by atoms with E-state index in [0.29, 0.717) is 10.8 Å². The van der Waals surface area contributed by atoms with E-state index in [4.69, 9.17) is 27.8 Å². The van der Waals surface area contributed by atoms with Crippen molar-refractivity contribution in [2.45, 2.75) is 26.0 Å². The molecule has 1 aromatic rings. The highest BCUT2D eigenvalue weighted by molar-refractivity contribution is 6.32. The van der Waals surface area contributed by atoms with Crippen molar-refractivity contribution < 1.29 is 14.3 Å². The number of amides is 3. The summed E-state index contributed by atoms with van der Waals surface area (Å²) in [6.45, 7) is 3.31. The van der Waals surface area contributed by atoms with Gasteiger partial charge < -0.3 is 16.2 Å². The number of rotatable bonds is 4. The molecule has 19 heavy (non-hydrogen) atoms. The van der Waals surface area contributed by atoms with E-state index >= 15 is 0 Å². The van der Waals surface area contributed by atoms with Gasteiger partial charge in [0.15, 0.2) is 6.10 Å². The number of carbonyl (C=O) groups excluding carboxylic acids is 2. The van der Waals surface area contributed by atoms with Crippen LogP contribution in [0.3, 0.4) is 0 Å². The van der Waals surface area contributed by atoms with Gasteiger partial charge in [0.25, 0.3) is 5.91 Å². The molecule has 0 saturated carbocycles. The smallest absolute Gasteiger partial charge is 0.318 e. The van der Waals surface area contributed by atoms with Crippen molar-refractivity contribution >= 4 is 23.5 Å². The average molecular weight is 286 g/mol. The second-order valence-electron chi connectivity index (χ2n) is 4.09. The minimum absolute atomic E-state index is 0.151. The summed E-state index contributed by atoms with van der Waals surface area (Å²) in [6.07, 6.45) is -0.897. The van der Waals surface area contributed by atoms with E-state index in [1.165, 1.54) is 6.92 Å². The van der Waals surface area contributed by atoms with Crippen LogP contribution in [0.2, 0.25) is 5.02 Å². The number of urea groups is 1. The van der Waals surface area contributed by atoms with Gasteiger partial charge in [0.05, 0.1) is 5.02 Å². The van der Waals surface area contributed by atoms with Crippen molar-refractivity contribution in [1.29, 1.82) is 0 Å². The Bertz CT molecular complexity index is 491. The maximum Gasteiger partial charge on any atom is 0.318 e. The van der Waals surface area contributed by atoms with Gasteiger partial charge in [-0.2, -0.15) is 0 Å². The maximum atomic E-state index is 11.4. The molecule has 5 N–H and O–H groups in total. The van der Waals surface area contributed by atoms with Crippen molar-refractivity contribution in [1.82, 2.24) is 5.32 Å². The molecule has 0 heterocycles. The van der Waals surface area contributed by atoms with Crippen LogP contribution in [0.15, 0.2) is 18.2 Å². The van der Waals surface area contributed by atoms with Gasteiger partial charge >= 0.3 is 6.03 Å². The van der Waals surface area contributed by atoms with Gasteiger partial charge in [0.2, 0.25) is 0 Å². The van der Waals surface area contributed by atoms with Crippen LogP contribution in [0.1, 0.15) is 25.5 Å². The zero-order valence-electron chi connectivity index (χ0n) is 10.6. The number of carbonyl (C=O) groups is 2. The molecule has 2 atom stereocenters. The molecule has 3 amide bonds. The summed E-state index contributed by atoms with van der Waals surface area (Å²) in [7, 11) is 0. The van der Waals surface area contributed by atoms with E-state index in [0.717, 1.165) is 5.56 Å². The molecule has 1 aromatic carbocycles. The van der Waals surface area contributed by atoms with Crippen LogP contribution in [0.25, 0.3) is 0 Å². The third kappa shape index (κ3) is 4.42. The van der Waals surface area contributed by atoms with Gasteiger partial charge in [0, 0.05) is 6.04 Å². The van der Waals surface area contributed by atoms with Gasteiger partial charge in [-0.25, -0.2) is 4.79 Å². The number of nitrogens with one attached hydrogen (secondary N) is 1. The molecule has 0 spiro atoms. The molecular formula is C12H16ClN3O3. The van der Waals surface area contributed by atoms with E-state index in [1.54, 1.807) is 18.2 Å². The summed E-state index contributed by atoms with van der Waals surface area (Å²) in [5.74, 6) is -0.307. The summed E-state index contributed by atoms with van der Waals surface area (Å²) >= 11 is 6.02. The monoisotopic (exact) mass is 285 g/mol. The Kier molecular flexibility index (Phi) is 5.14. The van der Waals surface area contributed by atoms with Gasteiger partial charge in [-0.1, -0.05) is 17.7 Å². The second kappa shape index (κ2) is 6.40. The Hall–Kier alpha value is -1.79. The van der Waals surface area contributed by atoms with E-state index in [9.17, 15) is 9.59 Å². The Balaban J connectivity index is 2.77. The van der Waals surface area contributed by atoms with Crippen LogP contribution in [-0.2, 0) is 4.79 Å². The highest BCUT2D eigenvalue weighted by Gasteiger charge is 2.17. The fourth-order valence-electron chi connectivity index (χ4n) is 1.36. The third-order valence-electron chi connectivity index (χ3n) is 2.40.